The van der Waals surface area contributed by atoms with E-state index in [0.717, 1.165) is 5.69 Å². The smallest absolute Gasteiger partial charge is 0.407 e. The zero-order chi connectivity index (χ0) is 22.4. The number of aryl methyl sites for hydroxylation is 1. The van der Waals surface area contributed by atoms with E-state index in [1.54, 1.807) is 24.3 Å². The number of aromatic nitrogens is 1. The summed E-state index contributed by atoms with van der Waals surface area (Å²) in [6, 6.07) is 7.38. The number of ether oxygens (including phenoxy) is 1. The van der Waals surface area contributed by atoms with Gasteiger partial charge >= 0.3 is 12.1 Å². The number of carboxylic acid groups (broad SMARTS) is 1. The molecule has 3 N–H and O–H groups in total. The number of benzene rings is 1. The number of rotatable bonds is 6. The van der Waals surface area contributed by atoms with Crippen molar-refractivity contribution in [2.75, 3.05) is 44.0 Å². The van der Waals surface area contributed by atoms with Crippen LogP contribution in [0.2, 0.25) is 0 Å². The molecule has 0 aliphatic carbocycles. The van der Waals surface area contributed by atoms with E-state index in [4.69, 9.17) is 4.74 Å². The van der Waals surface area contributed by atoms with E-state index >= 15 is 4.39 Å². The summed E-state index contributed by atoms with van der Waals surface area (Å²) in [6.45, 7) is 3.61. The van der Waals surface area contributed by atoms with E-state index in [9.17, 15) is 14.7 Å². The highest BCUT2D eigenvalue weighted by Gasteiger charge is 2.30. The molecule has 3 amide bonds. The van der Waals surface area contributed by atoms with E-state index < -0.39 is 17.9 Å². The minimum absolute atomic E-state index is 0.0627. The number of amides is 3. The third kappa shape index (κ3) is 5.89. The van der Waals surface area contributed by atoms with Crippen LogP contribution in [0.1, 0.15) is 11.3 Å². The largest absolute Gasteiger partial charge is 0.465 e. The molecule has 2 aromatic rings. The van der Waals surface area contributed by atoms with E-state index in [0.29, 0.717) is 37.4 Å². The van der Waals surface area contributed by atoms with Gasteiger partial charge in [0.25, 0.3) is 0 Å². The van der Waals surface area contributed by atoms with Gasteiger partial charge in [-0.1, -0.05) is 12.1 Å². The first-order valence-corrected chi connectivity index (χ1v) is 9.86. The second kappa shape index (κ2) is 10.2. The number of hydrogen-bond acceptors (Lipinski definition) is 5. The highest BCUT2D eigenvalue weighted by Crippen LogP contribution is 2.22. The van der Waals surface area contributed by atoms with Crippen LogP contribution >= 0.6 is 0 Å². The van der Waals surface area contributed by atoms with Crippen molar-refractivity contribution in [3.8, 4) is 0 Å². The number of anilines is 2. The Hall–Kier alpha value is -3.24. The van der Waals surface area contributed by atoms with E-state index in [1.807, 2.05) is 11.8 Å². The fourth-order valence-corrected chi connectivity index (χ4v) is 3.52. The molecule has 1 atom stereocenters. The van der Waals surface area contributed by atoms with Gasteiger partial charge in [-0.25, -0.2) is 14.0 Å². The molecule has 1 fully saturated rings. The van der Waals surface area contributed by atoms with Gasteiger partial charge in [-0.3, -0.25) is 9.88 Å². The van der Waals surface area contributed by atoms with Crippen molar-refractivity contribution in [3.05, 3.63) is 53.6 Å². The monoisotopic (exact) mass is 431 g/mol. The number of piperazine rings is 1. The zero-order valence-electron chi connectivity index (χ0n) is 17.5. The van der Waals surface area contributed by atoms with Gasteiger partial charge in [0.1, 0.15) is 0 Å². The molecule has 2 heterocycles. The second-order valence-electron chi connectivity index (χ2n) is 7.37. The van der Waals surface area contributed by atoms with E-state index in [-0.39, 0.29) is 18.3 Å². The van der Waals surface area contributed by atoms with Crippen molar-refractivity contribution in [2.24, 2.45) is 0 Å². The van der Waals surface area contributed by atoms with Gasteiger partial charge in [0.05, 0.1) is 30.2 Å². The van der Waals surface area contributed by atoms with Gasteiger partial charge in [0.2, 0.25) is 0 Å². The van der Waals surface area contributed by atoms with Crippen molar-refractivity contribution in [1.82, 2.24) is 14.8 Å². The normalized spacial score (nSPS) is 16.7. The number of urea groups is 1. The molecule has 1 aliphatic rings. The first kappa shape index (κ1) is 22.4. The molecule has 0 bridgehead atoms. The molecule has 1 saturated heterocycles. The van der Waals surface area contributed by atoms with Gasteiger partial charge in [-0.15, -0.1) is 0 Å². The summed E-state index contributed by atoms with van der Waals surface area (Å²) in [4.78, 5) is 31.1. The number of halogens is 1. The van der Waals surface area contributed by atoms with Crippen LogP contribution in [0.4, 0.5) is 25.4 Å². The van der Waals surface area contributed by atoms with Crippen LogP contribution in [0.25, 0.3) is 0 Å². The lowest BCUT2D eigenvalue weighted by atomic mass is 10.1. The Morgan fingerprint density at radius 3 is 2.74 bits per heavy atom. The SMILES string of the molecule is COC[C@@H]1CN(Cc2cccc(NC(=O)Nc3ccc(C)nc3)c2F)CCN1C(=O)O. The Balaban J connectivity index is 1.64. The Morgan fingerprint density at radius 2 is 2.06 bits per heavy atom. The Morgan fingerprint density at radius 1 is 1.26 bits per heavy atom. The standard InChI is InChI=1S/C21H26FN5O4/c1-14-6-7-16(10-23-14)24-20(28)25-18-5-3-4-15(19(18)22)11-26-8-9-27(21(29)30)17(12-26)13-31-2/h3-7,10,17H,8-9,11-13H2,1-2H3,(H,29,30)(H2,24,25,28)/t17-/m0/s1. The summed E-state index contributed by atoms with van der Waals surface area (Å²) in [5.74, 6) is -0.524. The molecule has 166 valence electrons. The van der Waals surface area contributed by atoms with Crippen LogP contribution in [0.5, 0.6) is 0 Å². The fraction of sp³-hybridized carbons (Fsp3) is 0.381. The molecule has 1 aromatic carbocycles. The summed E-state index contributed by atoms with van der Waals surface area (Å²) in [5.41, 5.74) is 1.80. The average Bonchev–Trinajstić information content (AvgIpc) is 2.73. The maximum absolute atomic E-state index is 15.0. The first-order chi connectivity index (χ1) is 14.9. The third-order valence-electron chi connectivity index (χ3n) is 5.06. The molecule has 0 saturated carbocycles. The molecule has 9 nitrogen and oxygen atoms in total. The molecule has 31 heavy (non-hydrogen) atoms. The minimum atomic E-state index is -0.992. The fourth-order valence-electron chi connectivity index (χ4n) is 3.52. The lowest BCUT2D eigenvalue weighted by Gasteiger charge is -2.39. The number of carbonyl (C=O) groups excluding carboxylic acids is 1. The highest BCUT2D eigenvalue weighted by atomic mass is 19.1. The van der Waals surface area contributed by atoms with Crippen molar-refractivity contribution < 1.29 is 23.8 Å². The molecule has 3 rings (SSSR count). The number of nitrogens with one attached hydrogen (secondary N) is 2. The first-order valence-electron chi connectivity index (χ1n) is 9.86. The van der Waals surface area contributed by atoms with E-state index in [2.05, 4.69) is 15.6 Å². The van der Waals surface area contributed by atoms with Crippen LogP contribution in [0, 0.1) is 12.7 Å². The molecular formula is C21H26FN5O4. The van der Waals surface area contributed by atoms with Crippen LogP contribution in [-0.2, 0) is 11.3 Å². The van der Waals surface area contributed by atoms with Crippen molar-refractivity contribution in [1.29, 1.82) is 0 Å². The minimum Gasteiger partial charge on any atom is -0.465 e. The van der Waals surface area contributed by atoms with Crippen molar-refractivity contribution in [2.45, 2.75) is 19.5 Å². The molecule has 0 radical (unpaired) electrons. The third-order valence-corrected chi connectivity index (χ3v) is 5.06. The van der Waals surface area contributed by atoms with Crippen molar-refractivity contribution in [3.63, 3.8) is 0 Å². The molecule has 1 aromatic heterocycles. The van der Waals surface area contributed by atoms with Gasteiger partial charge < -0.3 is 25.4 Å². The molecule has 1 aliphatic heterocycles. The van der Waals surface area contributed by atoms with Gasteiger partial charge in [0, 0.05) is 44.5 Å². The van der Waals surface area contributed by atoms with Crippen LogP contribution in [0.3, 0.4) is 0 Å². The van der Waals surface area contributed by atoms with Gasteiger partial charge in [-0.05, 0) is 25.1 Å². The predicted octanol–water partition coefficient (Wildman–Crippen LogP) is 2.98. The average molecular weight is 431 g/mol. The molecule has 10 heteroatoms. The second-order valence-corrected chi connectivity index (χ2v) is 7.37. The maximum atomic E-state index is 15.0. The highest BCUT2D eigenvalue weighted by molar-refractivity contribution is 5.99. The summed E-state index contributed by atoms with van der Waals surface area (Å²) >= 11 is 0. The molecule has 0 spiro atoms. The lowest BCUT2D eigenvalue weighted by Crippen LogP contribution is -2.56. The maximum Gasteiger partial charge on any atom is 0.407 e. The summed E-state index contributed by atoms with van der Waals surface area (Å²) < 4.78 is 20.2. The topological polar surface area (TPSA) is 107 Å². The van der Waals surface area contributed by atoms with E-state index in [1.165, 1.54) is 24.3 Å². The quantitative estimate of drug-likeness (QED) is 0.649. The van der Waals surface area contributed by atoms with Gasteiger partial charge in [-0.2, -0.15) is 0 Å². The summed E-state index contributed by atoms with van der Waals surface area (Å²) in [6.07, 6.45) is 0.531. The van der Waals surface area contributed by atoms with Gasteiger partial charge in [0.15, 0.2) is 5.82 Å². The summed E-state index contributed by atoms with van der Waals surface area (Å²) in [7, 11) is 1.52. The Kier molecular flexibility index (Phi) is 7.37. The number of carbonyl (C=O) groups is 2. The van der Waals surface area contributed by atoms with Crippen molar-refractivity contribution >= 4 is 23.5 Å². The predicted molar refractivity (Wildman–Crippen MR) is 114 cm³/mol. The lowest BCUT2D eigenvalue weighted by molar-refractivity contribution is 0.0263. The number of methoxy groups -OCH3 is 1. The Labute approximate surface area is 179 Å². The number of pyridine rings is 1. The Bertz CT molecular complexity index is 924. The molecular weight excluding hydrogens is 405 g/mol. The summed E-state index contributed by atoms with van der Waals surface area (Å²) in [5, 5.41) is 14.5. The number of nitrogens with zero attached hydrogens (tertiary/aromatic N) is 3. The molecule has 0 unspecified atom stereocenters. The van der Waals surface area contributed by atoms with Crippen LogP contribution < -0.4 is 10.6 Å². The zero-order valence-corrected chi connectivity index (χ0v) is 17.5. The number of hydrogen-bond donors (Lipinski definition) is 3. The van der Waals surface area contributed by atoms with Crippen LogP contribution in [0.15, 0.2) is 36.5 Å². The van der Waals surface area contributed by atoms with Crippen LogP contribution in [-0.4, -0.2) is 71.4 Å².